The van der Waals surface area contributed by atoms with E-state index in [0.29, 0.717) is 0 Å². The Morgan fingerprint density at radius 3 is 2.39 bits per heavy atom. The van der Waals surface area contributed by atoms with Gasteiger partial charge in [0.25, 0.3) is 0 Å². The predicted molar refractivity (Wildman–Crippen MR) is 72.6 cm³/mol. The lowest BCUT2D eigenvalue weighted by molar-refractivity contribution is 0.588. The molecule has 0 aromatic carbocycles. The summed E-state index contributed by atoms with van der Waals surface area (Å²) >= 11 is 0. The fraction of sp³-hybridized carbons (Fsp3) is 0.429. The van der Waals surface area contributed by atoms with E-state index < -0.39 is 0 Å². The molecule has 0 fully saturated rings. The van der Waals surface area contributed by atoms with E-state index >= 15 is 0 Å². The van der Waals surface area contributed by atoms with Crippen LogP contribution in [0, 0.1) is 20.8 Å². The minimum absolute atomic E-state index is 0.0816. The molecule has 4 nitrogen and oxygen atoms in total. The van der Waals surface area contributed by atoms with Crippen molar-refractivity contribution in [3.63, 3.8) is 0 Å². The minimum Gasteiger partial charge on any atom is -0.307 e. The molecule has 0 aliphatic rings. The lowest BCUT2D eigenvalue weighted by Gasteiger charge is -2.19. The van der Waals surface area contributed by atoms with E-state index in [0.717, 1.165) is 11.4 Å². The maximum absolute atomic E-state index is 4.58. The zero-order chi connectivity index (χ0) is 13.3. The SMILES string of the molecule is CNC(c1ncc(C)cc1C)c1c(C)cnn1C. The summed E-state index contributed by atoms with van der Waals surface area (Å²) in [5.41, 5.74) is 5.80. The van der Waals surface area contributed by atoms with Crippen molar-refractivity contribution in [2.45, 2.75) is 26.8 Å². The smallest absolute Gasteiger partial charge is 0.0924 e. The second-order valence-electron chi connectivity index (χ2n) is 4.77. The summed E-state index contributed by atoms with van der Waals surface area (Å²) in [5, 5.41) is 7.65. The van der Waals surface area contributed by atoms with Crippen molar-refractivity contribution in [1.82, 2.24) is 20.1 Å². The monoisotopic (exact) mass is 244 g/mol. The second kappa shape index (κ2) is 4.90. The van der Waals surface area contributed by atoms with Crippen molar-refractivity contribution in [3.8, 4) is 0 Å². The van der Waals surface area contributed by atoms with Gasteiger partial charge in [-0.1, -0.05) is 6.07 Å². The third kappa shape index (κ3) is 2.16. The standard InChI is InChI=1S/C14H20N4/c1-9-6-10(2)12(16-7-9)13(15-4)14-11(3)8-17-18(14)5/h6-8,13,15H,1-5H3. The van der Waals surface area contributed by atoms with Gasteiger partial charge in [0.2, 0.25) is 0 Å². The Hall–Kier alpha value is -1.68. The summed E-state index contributed by atoms with van der Waals surface area (Å²) in [6.45, 7) is 6.25. The molecule has 0 spiro atoms. The van der Waals surface area contributed by atoms with Gasteiger partial charge in [-0.15, -0.1) is 0 Å². The minimum atomic E-state index is 0.0816. The van der Waals surface area contributed by atoms with E-state index in [-0.39, 0.29) is 6.04 Å². The molecule has 4 heteroatoms. The van der Waals surface area contributed by atoms with Gasteiger partial charge in [0.15, 0.2) is 0 Å². The van der Waals surface area contributed by atoms with Crippen LogP contribution in [0.1, 0.15) is 34.1 Å². The maximum Gasteiger partial charge on any atom is 0.0924 e. The highest BCUT2D eigenvalue weighted by atomic mass is 15.3. The Morgan fingerprint density at radius 2 is 1.89 bits per heavy atom. The Labute approximate surface area is 108 Å². The van der Waals surface area contributed by atoms with Gasteiger partial charge < -0.3 is 5.32 Å². The number of hydrogen-bond donors (Lipinski definition) is 1. The third-order valence-electron chi connectivity index (χ3n) is 3.27. The highest BCUT2D eigenvalue weighted by Crippen LogP contribution is 2.25. The van der Waals surface area contributed by atoms with Crippen LogP contribution < -0.4 is 5.32 Å². The average molecular weight is 244 g/mol. The van der Waals surface area contributed by atoms with Crippen LogP contribution in [-0.4, -0.2) is 21.8 Å². The zero-order valence-electron chi connectivity index (χ0n) is 11.7. The quantitative estimate of drug-likeness (QED) is 0.898. The molecule has 0 aliphatic carbocycles. The molecule has 1 N–H and O–H groups in total. The molecular formula is C14H20N4. The summed E-state index contributed by atoms with van der Waals surface area (Å²) in [4.78, 5) is 4.58. The summed E-state index contributed by atoms with van der Waals surface area (Å²) in [7, 11) is 3.92. The number of rotatable bonds is 3. The topological polar surface area (TPSA) is 42.7 Å². The molecular weight excluding hydrogens is 224 g/mol. The van der Waals surface area contributed by atoms with Crippen LogP contribution >= 0.6 is 0 Å². The van der Waals surface area contributed by atoms with Crippen molar-refractivity contribution < 1.29 is 0 Å². The van der Waals surface area contributed by atoms with Crippen molar-refractivity contribution in [1.29, 1.82) is 0 Å². The molecule has 0 saturated heterocycles. The molecule has 0 aliphatic heterocycles. The van der Waals surface area contributed by atoms with Crippen LogP contribution in [0.4, 0.5) is 0 Å². The Bertz CT molecular complexity index is 537. The number of nitrogens with zero attached hydrogens (tertiary/aromatic N) is 3. The van der Waals surface area contributed by atoms with Gasteiger partial charge in [-0.3, -0.25) is 9.67 Å². The maximum atomic E-state index is 4.58. The summed E-state index contributed by atoms with van der Waals surface area (Å²) < 4.78 is 1.91. The number of nitrogens with one attached hydrogen (secondary N) is 1. The molecule has 2 aromatic heterocycles. The van der Waals surface area contributed by atoms with Crippen molar-refractivity contribution in [2.24, 2.45) is 7.05 Å². The summed E-state index contributed by atoms with van der Waals surface area (Å²) in [6, 6.07) is 2.25. The van der Waals surface area contributed by atoms with Gasteiger partial charge in [-0.2, -0.15) is 5.10 Å². The van der Waals surface area contributed by atoms with E-state index in [1.54, 1.807) is 0 Å². The Kier molecular flexibility index (Phi) is 3.48. The first-order valence-electron chi connectivity index (χ1n) is 6.13. The van der Waals surface area contributed by atoms with Gasteiger partial charge >= 0.3 is 0 Å². The predicted octanol–water partition coefficient (Wildman–Crippen LogP) is 2.05. The first kappa shape index (κ1) is 12.8. The van der Waals surface area contributed by atoms with Gasteiger partial charge in [0.1, 0.15) is 0 Å². The lowest BCUT2D eigenvalue weighted by atomic mass is 10.0. The molecule has 1 atom stereocenters. The molecule has 2 heterocycles. The van der Waals surface area contributed by atoms with Crippen LogP contribution in [0.25, 0.3) is 0 Å². The molecule has 2 aromatic rings. The van der Waals surface area contributed by atoms with E-state index in [2.05, 4.69) is 42.2 Å². The van der Waals surface area contributed by atoms with E-state index in [9.17, 15) is 0 Å². The molecule has 18 heavy (non-hydrogen) atoms. The zero-order valence-corrected chi connectivity index (χ0v) is 11.7. The van der Waals surface area contributed by atoms with Gasteiger partial charge in [0.05, 0.1) is 23.6 Å². The highest BCUT2D eigenvalue weighted by Gasteiger charge is 2.21. The lowest BCUT2D eigenvalue weighted by Crippen LogP contribution is -2.23. The summed E-state index contributed by atoms with van der Waals surface area (Å²) in [6.07, 6.45) is 3.81. The van der Waals surface area contributed by atoms with E-state index in [1.807, 2.05) is 31.2 Å². The van der Waals surface area contributed by atoms with Gasteiger partial charge in [0, 0.05) is 13.2 Å². The van der Waals surface area contributed by atoms with Crippen molar-refractivity contribution in [3.05, 3.63) is 46.5 Å². The normalized spacial score (nSPS) is 12.7. The van der Waals surface area contributed by atoms with E-state index in [4.69, 9.17) is 0 Å². The number of aromatic nitrogens is 3. The van der Waals surface area contributed by atoms with Crippen LogP contribution in [0.2, 0.25) is 0 Å². The Balaban J connectivity index is 2.52. The van der Waals surface area contributed by atoms with Crippen LogP contribution in [0.3, 0.4) is 0 Å². The third-order valence-corrected chi connectivity index (χ3v) is 3.27. The fourth-order valence-electron chi connectivity index (χ4n) is 2.40. The van der Waals surface area contributed by atoms with E-state index in [1.165, 1.54) is 16.7 Å². The first-order chi connectivity index (χ1) is 8.54. The van der Waals surface area contributed by atoms with Gasteiger partial charge in [-0.05, 0) is 44.5 Å². The van der Waals surface area contributed by atoms with Crippen LogP contribution in [0.5, 0.6) is 0 Å². The van der Waals surface area contributed by atoms with Crippen LogP contribution in [0.15, 0.2) is 18.5 Å². The number of aryl methyl sites for hydroxylation is 4. The van der Waals surface area contributed by atoms with Crippen molar-refractivity contribution in [2.75, 3.05) is 7.05 Å². The largest absolute Gasteiger partial charge is 0.307 e. The Morgan fingerprint density at radius 1 is 1.17 bits per heavy atom. The van der Waals surface area contributed by atoms with Crippen molar-refractivity contribution >= 4 is 0 Å². The van der Waals surface area contributed by atoms with Crippen LogP contribution in [-0.2, 0) is 7.05 Å². The number of pyridine rings is 1. The molecule has 0 bridgehead atoms. The van der Waals surface area contributed by atoms with Gasteiger partial charge in [-0.25, -0.2) is 0 Å². The fourth-order valence-corrected chi connectivity index (χ4v) is 2.40. The first-order valence-corrected chi connectivity index (χ1v) is 6.13. The highest BCUT2D eigenvalue weighted by molar-refractivity contribution is 5.33. The number of hydrogen-bond acceptors (Lipinski definition) is 3. The molecule has 2 rings (SSSR count). The molecule has 1 unspecified atom stereocenters. The molecule has 0 radical (unpaired) electrons. The second-order valence-corrected chi connectivity index (χ2v) is 4.77. The molecule has 0 saturated carbocycles. The summed E-state index contributed by atoms with van der Waals surface area (Å²) in [5.74, 6) is 0. The molecule has 0 amide bonds. The average Bonchev–Trinajstić information content (AvgIpc) is 2.64. The molecule has 96 valence electrons.